The van der Waals surface area contributed by atoms with Crippen LogP contribution in [0.4, 0.5) is 0 Å². The van der Waals surface area contributed by atoms with E-state index >= 15 is 0 Å². The summed E-state index contributed by atoms with van der Waals surface area (Å²) in [5.41, 5.74) is 3.28. The maximum absolute atomic E-state index is 13.5. The van der Waals surface area contributed by atoms with Crippen LogP contribution in [0.5, 0.6) is 0 Å². The molecule has 0 aromatic carbocycles. The Kier molecular flexibility index (Phi) is 8.83. The Balaban J connectivity index is 0.905. The van der Waals surface area contributed by atoms with Crippen LogP contribution in [0.3, 0.4) is 0 Å². The second kappa shape index (κ2) is 12.4. The van der Waals surface area contributed by atoms with Crippen LogP contribution in [-0.2, 0) is 28.4 Å². The monoisotopic (exact) mass is 708 g/mol. The van der Waals surface area contributed by atoms with E-state index in [0.29, 0.717) is 59.9 Å². The molecule has 278 valence electrons. The Morgan fingerprint density at radius 1 is 0.660 bits per heavy atom. The lowest BCUT2D eigenvalue weighted by Crippen LogP contribution is -2.52. The summed E-state index contributed by atoms with van der Waals surface area (Å²) in [5, 5.41) is 0. The van der Waals surface area contributed by atoms with Crippen molar-refractivity contribution in [2.24, 2.45) is 69.0 Å². The molecule has 0 aromatic heterocycles. The fourth-order valence-corrected chi connectivity index (χ4v) is 16.6. The maximum atomic E-state index is 13.5. The quantitative estimate of drug-likeness (QED) is 0.245. The third kappa shape index (κ3) is 5.29. The van der Waals surface area contributed by atoms with E-state index in [1.54, 1.807) is 6.92 Å². The molecule has 0 saturated heterocycles. The number of carbonyl (C=O) groups is 2. The van der Waals surface area contributed by atoms with Crippen LogP contribution in [0, 0.1) is 69.0 Å². The highest BCUT2D eigenvalue weighted by Gasteiger charge is 2.62. The van der Waals surface area contributed by atoms with Crippen molar-refractivity contribution in [2.45, 2.75) is 163 Å². The lowest BCUT2D eigenvalue weighted by molar-refractivity contribution is -0.129. The van der Waals surface area contributed by atoms with Crippen molar-refractivity contribution in [3.05, 3.63) is 23.3 Å². The van der Waals surface area contributed by atoms with Gasteiger partial charge in [-0.2, -0.15) is 8.42 Å². The highest BCUT2D eigenvalue weighted by atomic mass is 32.3. The first-order valence-electron chi connectivity index (χ1n) is 20.7. The molecule has 0 bridgehead atoms. The fourth-order valence-electron chi connectivity index (χ4n) is 15.5. The summed E-state index contributed by atoms with van der Waals surface area (Å²) in [6, 6.07) is 0. The van der Waals surface area contributed by atoms with Gasteiger partial charge in [0, 0.05) is 11.8 Å². The zero-order valence-electron chi connectivity index (χ0n) is 31.8. The third-order valence-electron chi connectivity index (χ3n) is 18.0. The van der Waals surface area contributed by atoms with E-state index in [0.717, 1.165) is 70.6 Å². The molecule has 0 N–H and O–H groups in total. The molecule has 8 rings (SSSR count). The Hall–Kier alpha value is -1.31. The Morgan fingerprint density at radius 2 is 1.16 bits per heavy atom. The molecule has 0 spiro atoms. The molecule has 0 aliphatic heterocycles. The summed E-state index contributed by atoms with van der Waals surface area (Å²) in [7, 11) is -4.13. The molecule has 0 aromatic rings. The molecule has 6 fully saturated rings. The Morgan fingerprint density at radius 3 is 1.70 bits per heavy atom. The minimum atomic E-state index is -4.13. The van der Waals surface area contributed by atoms with Crippen molar-refractivity contribution in [3.8, 4) is 0 Å². The normalized spacial score (nSPS) is 49.6. The van der Waals surface area contributed by atoms with Crippen LogP contribution in [0.2, 0.25) is 0 Å². The van der Waals surface area contributed by atoms with Gasteiger partial charge in [-0.15, -0.1) is 0 Å². The smallest absolute Gasteiger partial charge is 0.300 e. The fraction of sp³-hybridized carbons (Fsp3) is 0.860. The predicted octanol–water partition coefficient (Wildman–Crippen LogP) is 9.73. The SMILES string of the molecule is CCC12CCC3C(CC=C4CC(OS(=O)(=O)OC5CCC6(C)C(=CCC7C6CCC6(C)C(C(C)=O)CCC76)C5)CCC43C)C1CCC2C(C)=O. The van der Waals surface area contributed by atoms with Gasteiger partial charge in [-0.05, 0) is 180 Å². The van der Waals surface area contributed by atoms with Crippen molar-refractivity contribution in [3.63, 3.8) is 0 Å². The number of allylic oxidation sites excluding steroid dienone is 2. The number of ketones is 2. The van der Waals surface area contributed by atoms with Crippen molar-refractivity contribution in [2.75, 3.05) is 0 Å². The molecule has 0 amide bonds. The van der Waals surface area contributed by atoms with E-state index in [1.165, 1.54) is 36.8 Å². The minimum absolute atomic E-state index is 0.0861. The summed E-state index contributed by atoms with van der Waals surface area (Å²) >= 11 is 0. The summed E-state index contributed by atoms with van der Waals surface area (Å²) in [6.45, 7) is 13.2. The van der Waals surface area contributed by atoms with Gasteiger partial charge in [0.2, 0.25) is 0 Å². The molecule has 14 unspecified atom stereocenters. The van der Waals surface area contributed by atoms with E-state index in [-0.39, 0.29) is 45.7 Å². The van der Waals surface area contributed by atoms with Gasteiger partial charge in [0.05, 0.1) is 12.2 Å². The first-order chi connectivity index (χ1) is 23.6. The van der Waals surface area contributed by atoms with Gasteiger partial charge >= 0.3 is 10.4 Å². The van der Waals surface area contributed by atoms with Gasteiger partial charge in [0.15, 0.2) is 0 Å². The molecule has 0 heterocycles. The minimum Gasteiger partial charge on any atom is -0.300 e. The first kappa shape index (κ1) is 35.7. The largest absolute Gasteiger partial charge is 0.400 e. The van der Waals surface area contributed by atoms with Gasteiger partial charge < -0.3 is 0 Å². The number of Topliss-reactive ketones (excluding diaryl/α,β-unsaturated/α-hetero) is 2. The Labute approximate surface area is 302 Å². The average molecular weight is 709 g/mol. The van der Waals surface area contributed by atoms with Crippen molar-refractivity contribution >= 4 is 22.0 Å². The van der Waals surface area contributed by atoms with Gasteiger partial charge in [0.25, 0.3) is 0 Å². The van der Waals surface area contributed by atoms with Crippen LogP contribution in [-0.4, -0.2) is 32.2 Å². The van der Waals surface area contributed by atoms with Crippen molar-refractivity contribution < 1.29 is 26.4 Å². The molecule has 8 aliphatic carbocycles. The topological polar surface area (TPSA) is 86.7 Å². The van der Waals surface area contributed by atoms with Gasteiger partial charge in [-0.1, -0.05) is 51.0 Å². The van der Waals surface area contributed by atoms with Crippen LogP contribution in [0.25, 0.3) is 0 Å². The van der Waals surface area contributed by atoms with E-state index in [2.05, 4.69) is 39.8 Å². The average Bonchev–Trinajstić information content (AvgIpc) is 3.64. The number of fused-ring (bicyclic) bond motifs is 10. The summed E-state index contributed by atoms with van der Waals surface area (Å²) in [5.74, 6) is 4.90. The standard InChI is InChI=1S/C43H64O6S/c1-7-43-23-19-38-33(39(43)15-13-35(43)27(3)45)11-9-29-25-31(17-21-41(29,38)5)49-50(46,47)48-30-16-20-40(4)28(24-30)8-10-32-36-14-12-34(26(2)44)42(36,6)22-18-37(32)40/h8-9,30-39H,7,10-25H2,1-6H3. The summed E-state index contributed by atoms with van der Waals surface area (Å²) in [4.78, 5) is 25.2. The van der Waals surface area contributed by atoms with E-state index in [9.17, 15) is 18.0 Å². The number of rotatable bonds is 7. The molecule has 0 radical (unpaired) electrons. The number of carbonyl (C=O) groups excluding carboxylic acids is 2. The van der Waals surface area contributed by atoms with Gasteiger partial charge in [0.1, 0.15) is 11.6 Å². The molecule has 50 heavy (non-hydrogen) atoms. The van der Waals surface area contributed by atoms with Crippen molar-refractivity contribution in [1.82, 2.24) is 0 Å². The zero-order chi connectivity index (χ0) is 35.4. The van der Waals surface area contributed by atoms with Gasteiger partial charge in [-0.25, -0.2) is 8.37 Å². The highest BCUT2D eigenvalue weighted by Crippen LogP contribution is 2.69. The lowest BCUT2D eigenvalue weighted by Gasteiger charge is -2.58. The molecule has 14 atom stereocenters. The van der Waals surface area contributed by atoms with Crippen LogP contribution in [0.15, 0.2) is 23.3 Å². The lowest BCUT2D eigenvalue weighted by atomic mass is 9.46. The molecule has 6 saturated carbocycles. The van der Waals surface area contributed by atoms with Crippen LogP contribution < -0.4 is 0 Å². The van der Waals surface area contributed by atoms with Gasteiger partial charge in [-0.3, -0.25) is 9.59 Å². The van der Waals surface area contributed by atoms with Crippen LogP contribution >= 0.6 is 0 Å². The second-order valence-electron chi connectivity index (χ2n) is 19.5. The molecule has 6 nitrogen and oxygen atoms in total. The number of hydrogen-bond acceptors (Lipinski definition) is 6. The predicted molar refractivity (Wildman–Crippen MR) is 195 cm³/mol. The van der Waals surface area contributed by atoms with E-state index in [4.69, 9.17) is 8.37 Å². The zero-order valence-corrected chi connectivity index (χ0v) is 32.6. The Bertz CT molecular complexity index is 1580. The highest BCUT2D eigenvalue weighted by molar-refractivity contribution is 7.81. The van der Waals surface area contributed by atoms with Crippen LogP contribution in [0.1, 0.15) is 151 Å². The first-order valence-corrected chi connectivity index (χ1v) is 22.0. The van der Waals surface area contributed by atoms with Crippen molar-refractivity contribution in [1.29, 1.82) is 0 Å². The third-order valence-corrected chi connectivity index (χ3v) is 19.0. The molecular formula is C43H64O6S. The molecular weight excluding hydrogens is 645 g/mol. The second-order valence-corrected chi connectivity index (χ2v) is 20.7. The van der Waals surface area contributed by atoms with E-state index in [1.807, 2.05) is 6.92 Å². The summed E-state index contributed by atoms with van der Waals surface area (Å²) < 4.78 is 38.8. The van der Waals surface area contributed by atoms with E-state index < -0.39 is 10.4 Å². The summed E-state index contributed by atoms with van der Waals surface area (Å²) in [6.07, 6.45) is 21.1. The molecule has 8 aliphatic rings. The number of hydrogen-bond donors (Lipinski definition) is 0. The maximum Gasteiger partial charge on any atom is 0.400 e. The molecule has 7 heteroatoms.